The average Bonchev–Trinajstić information content (AvgIpc) is 4.33. The first-order valence-corrected chi connectivity index (χ1v) is 27.1. The summed E-state index contributed by atoms with van der Waals surface area (Å²) >= 11 is 0. The lowest BCUT2D eigenvalue weighted by Crippen LogP contribution is -2.09. The Morgan fingerprint density at radius 2 is 0.709 bits per heavy atom. The Kier molecular flexibility index (Phi) is 10.3. The van der Waals surface area contributed by atoms with Gasteiger partial charge in [-0.3, -0.25) is 0 Å². The molecule has 0 saturated carbocycles. The molecule has 3 heteroatoms. The number of para-hydroxylation sites is 2. The Labute approximate surface area is 456 Å². The standard InChI is InChI=1S/C76H48N2O/c1-2-13-49(14-3-1)51-27-35-58(36-28-51)77(60-39-31-53(32-40-60)62-22-12-23-69-68-21-10-11-24-75(68)79-76(62)69)59-37-29-52(30-38-59)56-33-43-73-71(46-56)72-47-57(55-26-25-50-15-4-5-16-54(50)45-55)34-44-74(72)78(73)61-41-42-67-65-19-7-6-17-63(65)64-18-8-9-20-66(64)70(67)48-61/h1-48H. The van der Waals surface area contributed by atoms with E-state index in [0.717, 1.165) is 66.9 Å². The Hall–Kier alpha value is -10.5. The molecular weight excluding hydrogens is 957 g/mol. The van der Waals surface area contributed by atoms with Crippen molar-refractivity contribution in [1.82, 2.24) is 4.57 Å². The van der Waals surface area contributed by atoms with Crippen molar-refractivity contribution in [3.8, 4) is 50.2 Å². The lowest BCUT2D eigenvalue weighted by atomic mass is 9.94. The zero-order valence-electron chi connectivity index (χ0n) is 43.0. The fourth-order valence-electron chi connectivity index (χ4n) is 12.5. The molecule has 0 N–H and O–H groups in total. The molecule has 368 valence electrons. The highest BCUT2D eigenvalue weighted by atomic mass is 16.3. The molecule has 0 bridgehead atoms. The first-order valence-electron chi connectivity index (χ1n) is 27.1. The average molecular weight is 1010 g/mol. The van der Waals surface area contributed by atoms with E-state index in [-0.39, 0.29) is 0 Å². The molecule has 0 aliphatic carbocycles. The fourth-order valence-corrected chi connectivity index (χ4v) is 12.5. The lowest BCUT2D eigenvalue weighted by molar-refractivity contribution is 0.670. The highest BCUT2D eigenvalue weighted by molar-refractivity contribution is 6.26. The van der Waals surface area contributed by atoms with Gasteiger partial charge >= 0.3 is 0 Å². The van der Waals surface area contributed by atoms with Gasteiger partial charge in [0.25, 0.3) is 0 Å². The molecule has 0 aliphatic heterocycles. The van der Waals surface area contributed by atoms with Gasteiger partial charge in [0.05, 0.1) is 11.0 Å². The maximum atomic E-state index is 6.48. The summed E-state index contributed by atoms with van der Waals surface area (Å²) in [6.45, 7) is 0. The van der Waals surface area contributed by atoms with Gasteiger partial charge in [0.1, 0.15) is 11.2 Å². The van der Waals surface area contributed by atoms with Crippen LogP contribution in [0.3, 0.4) is 0 Å². The van der Waals surface area contributed by atoms with Crippen LogP contribution in [0, 0.1) is 0 Å². The number of benzene rings is 14. The van der Waals surface area contributed by atoms with Crippen LogP contribution < -0.4 is 4.90 Å². The Morgan fingerprint density at radius 3 is 1.35 bits per heavy atom. The zero-order valence-corrected chi connectivity index (χ0v) is 43.0. The third-order valence-corrected chi connectivity index (χ3v) is 16.4. The highest BCUT2D eigenvalue weighted by Gasteiger charge is 2.20. The van der Waals surface area contributed by atoms with E-state index in [1.807, 2.05) is 12.1 Å². The predicted octanol–water partition coefficient (Wildman–Crippen LogP) is 21.4. The van der Waals surface area contributed by atoms with E-state index in [0.29, 0.717) is 0 Å². The second-order valence-electron chi connectivity index (χ2n) is 20.8. The van der Waals surface area contributed by atoms with Gasteiger partial charge in [0, 0.05) is 49.9 Å². The maximum Gasteiger partial charge on any atom is 0.143 e. The van der Waals surface area contributed by atoms with Crippen LogP contribution >= 0.6 is 0 Å². The van der Waals surface area contributed by atoms with Gasteiger partial charge in [-0.25, -0.2) is 0 Å². The number of fused-ring (bicyclic) bond motifs is 13. The molecule has 16 rings (SSSR count). The summed E-state index contributed by atoms with van der Waals surface area (Å²) in [4.78, 5) is 2.35. The van der Waals surface area contributed by atoms with Crippen LogP contribution in [-0.2, 0) is 0 Å². The van der Waals surface area contributed by atoms with Crippen LogP contribution in [0.2, 0.25) is 0 Å². The number of hydrogen-bond acceptors (Lipinski definition) is 2. The van der Waals surface area contributed by atoms with Crippen molar-refractivity contribution in [2.75, 3.05) is 4.90 Å². The summed E-state index contributed by atoms with van der Waals surface area (Å²) in [5.74, 6) is 0. The molecule has 0 radical (unpaired) electrons. The third-order valence-electron chi connectivity index (χ3n) is 16.4. The van der Waals surface area contributed by atoms with Crippen molar-refractivity contribution in [2.45, 2.75) is 0 Å². The first kappa shape index (κ1) is 44.8. The number of nitrogens with zero attached hydrogens (tertiary/aromatic N) is 2. The van der Waals surface area contributed by atoms with Crippen LogP contribution in [0.15, 0.2) is 296 Å². The molecule has 0 aliphatic rings. The highest BCUT2D eigenvalue weighted by Crippen LogP contribution is 2.43. The van der Waals surface area contributed by atoms with Crippen molar-refractivity contribution < 1.29 is 4.42 Å². The van der Waals surface area contributed by atoms with Crippen LogP contribution in [-0.4, -0.2) is 4.57 Å². The fraction of sp³-hybridized carbons (Fsp3) is 0. The Bertz CT molecular complexity index is 5010. The minimum atomic E-state index is 0.900. The number of hydrogen-bond donors (Lipinski definition) is 0. The van der Waals surface area contributed by atoms with Gasteiger partial charge in [0.2, 0.25) is 0 Å². The summed E-state index contributed by atoms with van der Waals surface area (Å²) in [7, 11) is 0. The van der Waals surface area contributed by atoms with E-state index in [2.05, 4.69) is 289 Å². The predicted molar refractivity (Wildman–Crippen MR) is 335 cm³/mol. The lowest BCUT2D eigenvalue weighted by Gasteiger charge is -2.26. The molecule has 0 spiro atoms. The van der Waals surface area contributed by atoms with Crippen molar-refractivity contribution in [3.63, 3.8) is 0 Å². The molecule has 2 heterocycles. The molecular formula is C76H48N2O. The Morgan fingerprint density at radius 1 is 0.253 bits per heavy atom. The molecule has 0 amide bonds. The molecule has 3 nitrogen and oxygen atoms in total. The number of aromatic nitrogens is 1. The summed E-state index contributed by atoms with van der Waals surface area (Å²) in [5.41, 5.74) is 17.7. The van der Waals surface area contributed by atoms with E-state index in [1.165, 1.54) is 87.1 Å². The Balaban J connectivity index is 0.820. The van der Waals surface area contributed by atoms with E-state index >= 15 is 0 Å². The number of anilines is 3. The molecule has 2 aromatic heterocycles. The SMILES string of the molecule is c1ccc(-c2ccc(N(c3ccc(-c4ccc5c(c4)c4cc(-c6ccc7ccccc7c6)ccc4n5-c4ccc5c6ccccc6c6ccccc6c5c4)cc3)c3ccc(-c4cccc5c4oc4ccccc45)cc3)cc2)cc1. The van der Waals surface area contributed by atoms with Crippen LogP contribution in [0.1, 0.15) is 0 Å². The van der Waals surface area contributed by atoms with Gasteiger partial charge in [-0.15, -0.1) is 0 Å². The van der Waals surface area contributed by atoms with Crippen molar-refractivity contribution in [3.05, 3.63) is 291 Å². The largest absolute Gasteiger partial charge is 0.455 e. The second-order valence-corrected chi connectivity index (χ2v) is 20.8. The van der Waals surface area contributed by atoms with Crippen molar-refractivity contribution >= 4 is 104 Å². The van der Waals surface area contributed by atoms with Gasteiger partial charge in [-0.05, 0) is 167 Å². The molecule has 0 unspecified atom stereocenters. The topological polar surface area (TPSA) is 21.3 Å². The van der Waals surface area contributed by atoms with Gasteiger partial charge in [-0.1, -0.05) is 206 Å². The van der Waals surface area contributed by atoms with Gasteiger partial charge in [0.15, 0.2) is 0 Å². The smallest absolute Gasteiger partial charge is 0.143 e. The van der Waals surface area contributed by atoms with Gasteiger partial charge < -0.3 is 13.9 Å². The molecule has 79 heavy (non-hydrogen) atoms. The molecule has 14 aromatic carbocycles. The minimum Gasteiger partial charge on any atom is -0.455 e. The van der Waals surface area contributed by atoms with E-state index in [9.17, 15) is 0 Å². The maximum absolute atomic E-state index is 6.48. The summed E-state index contributed by atoms with van der Waals surface area (Å²) < 4.78 is 8.95. The summed E-state index contributed by atoms with van der Waals surface area (Å²) in [6.07, 6.45) is 0. The van der Waals surface area contributed by atoms with E-state index < -0.39 is 0 Å². The van der Waals surface area contributed by atoms with Crippen LogP contribution in [0.4, 0.5) is 17.1 Å². The molecule has 0 atom stereocenters. The molecule has 0 saturated heterocycles. The molecule has 16 aromatic rings. The monoisotopic (exact) mass is 1000 g/mol. The normalized spacial score (nSPS) is 11.8. The number of rotatable bonds is 8. The van der Waals surface area contributed by atoms with Crippen LogP contribution in [0.25, 0.3) is 137 Å². The van der Waals surface area contributed by atoms with Crippen molar-refractivity contribution in [1.29, 1.82) is 0 Å². The first-order chi connectivity index (χ1) is 39.1. The van der Waals surface area contributed by atoms with Crippen molar-refractivity contribution in [2.24, 2.45) is 0 Å². The number of furan rings is 1. The third kappa shape index (κ3) is 7.43. The zero-order chi connectivity index (χ0) is 52.0. The quantitative estimate of drug-likeness (QED) is 0.142. The van der Waals surface area contributed by atoms with Crippen LogP contribution in [0.5, 0.6) is 0 Å². The van der Waals surface area contributed by atoms with E-state index in [1.54, 1.807) is 0 Å². The second kappa shape index (κ2) is 18.1. The molecule has 0 fully saturated rings. The van der Waals surface area contributed by atoms with Gasteiger partial charge in [-0.2, -0.15) is 0 Å². The summed E-state index contributed by atoms with van der Waals surface area (Å²) in [5, 5.41) is 14.8. The summed E-state index contributed by atoms with van der Waals surface area (Å²) in [6, 6.07) is 106. The van der Waals surface area contributed by atoms with E-state index in [4.69, 9.17) is 4.42 Å². The minimum absolute atomic E-state index is 0.900.